The first kappa shape index (κ1) is 35.2. The van der Waals surface area contributed by atoms with Crippen LogP contribution in [0.5, 0.6) is 5.75 Å². The second kappa shape index (κ2) is 16.7. The first-order chi connectivity index (χ1) is 20.9. The Hall–Kier alpha value is -3.27. The highest BCUT2D eigenvalue weighted by molar-refractivity contribution is 7.92. The van der Waals surface area contributed by atoms with Gasteiger partial charge in [0.05, 0.1) is 18.6 Å². The number of carbonyl (C=O) groups is 2. The lowest BCUT2D eigenvalue weighted by molar-refractivity contribution is -0.141. The van der Waals surface area contributed by atoms with Crippen molar-refractivity contribution in [3.05, 3.63) is 94.0 Å². The van der Waals surface area contributed by atoms with Crippen molar-refractivity contribution < 1.29 is 22.7 Å². The lowest BCUT2D eigenvalue weighted by Gasteiger charge is -2.33. The smallest absolute Gasteiger partial charge is 0.243 e. The number of amides is 2. The predicted octanol–water partition coefficient (Wildman–Crippen LogP) is 6.49. The predicted molar refractivity (Wildman–Crippen MR) is 178 cm³/mol. The largest absolute Gasteiger partial charge is 0.494 e. The van der Waals surface area contributed by atoms with Crippen LogP contribution in [0, 0.1) is 0 Å². The van der Waals surface area contributed by atoms with Crippen LogP contribution in [0.25, 0.3) is 0 Å². The molecule has 3 aromatic rings. The number of carbonyl (C=O) groups excluding carboxylic acids is 2. The quantitative estimate of drug-likeness (QED) is 0.189. The molecule has 3 rings (SSSR count). The molecular weight excluding hydrogens is 621 g/mol. The van der Waals surface area contributed by atoms with Crippen molar-refractivity contribution in [3.63, 3.8) is 0 Å². The number of rotatable bonds is 16. The minimum absolute atomic E-state index is 0.0101. The highest BCUT2D eigenvalue weighted by atomic mass is 35.5. The van der Waals surface area contributed by atoms with Gasteiger partial charge in [0.15, 0.2) is 0 Å². The van der Waals surface area contributed by atoms with Gasteiger partial charge in [-0.2, -0.15) is 0 Å². The summed E-state index contributed by atoms with van der Waals surface area (Å²) in [4.78, 5) is 29.2. The van der Waals surface area contributed by atoms with Crippen molar-refractivity contribution in [3.8, 4) is 5.75 Å². The molecule has 0 radical (unpaired) electrons. The average molecular weight is 663 g/mol. The third kappa shape index (κ3) is 10.4. The molecule has 11 heteroatoms. The molecule has 0 bridgehead atoms. The number of sulfonamides is 1. The van der Waals surface area contributed by atoms with Gasteiger partial charge in [0.25, 0.3) is 0 Å². The molecule has 0 spiro atoms. The van der Waals surface area contributed by atoms with E-state index < -0.39 is 16.1 Å². The summed E-state index contributed by atoms with van der Waals surface area (Å²) in [5, 5.41) is 3.88. The van der Waals surface area contributed by atoms with E-state index in [2.05, 4.69) is 5.32 Å². The number of benzene rings is 3. The molecule has 2 amide bonds. The van der Waals surface area contributed by atoms with Gasteiger partial charge in [0.2, 0.25) is 21.8 Å². The van der Waals surface area contributed by atoms with E-state index in [0.717, 1.165) is 18.2 Å². The SMILES string of the molecule is CCOc1ccc(N(CCCC(=O)N(Cc2ccc(Cl)cc2Cl)[C@H](Cc2ccccc2)C(=O)N[C@@H](C)CC)S(C)(=O)=O)cc1. The zero-order valence-corrected chi connectivity index (χ0v) is 28.0. The monoisotopic (exact) mass is 661 g/mol. The summed E-state index contributed by atoms with van der Waals surface area (Å²) in [5.41, 5.74) is 2.02. The van der Waals surface area contributed by atoms with Crippen molar-refractivity contribution in [2.45, 2.75) is 65.1 Å². The van der Waals surface area contributed by atoms with Crippen LogP contribution in [0.2, 0.25) is 10.0 Å². The number of halogens is 2. The summed E-state index contributed by atoms with van der Waals surface area (Å²) in [6.45, 7) is 6.42. The highest BCUT2D eigenvalue weighted by Gasteiger charge is 2.31. The van der Waals surface area contributed by atoms with Crippen LogP contribution >= 0.6 is 23.2 Å². The Kier molecular flexibility index (Phi) is 13.4. The Labute approximate surface area is 271 Å². The number of hydrogen-bond acceptors (Lipinski definition) is 5. The third-order valence-corrected chi connectivity index (χ3v) is 9.00. The molecule has 0 saturated carbocycles. The highest BCUT2D eigenvalue weighted by Crippen LogP contribution is 2.26. The van der Waals surface area contributed by atoms with E-state index in [1.165, 1.54) is 4.31 Å². The Bertz CT molecular complexity index is 1490. The molecule has 0 fully saturated rings. The van der Waals surface area contributed by atoms with Crippen molar-refractivity contribution in [1.82, 2.24) is 10.2 Å². The molecule has 2 atom stereocenters. The zero-order valence-electron chi connectivity index (χ0n) is 25.6. The molecule has 0 aliphatic carbocycles. The van der Waals surface area contributed by atoms with Gasteiger partial charge < -0.3 is 15.0 Å². The van der Waals surface area contributed by atoms with E-state index >= 15 is 0 Å². The van der Waals surface area contributed by atoms with Gasteiger partial charge in [-0.15, -0.1) is 0 Å². The topological polar surface area (TPSA) is 96.0 Å². The van der Waals surface area contributed by atoms with Crippen LogP contribution in [-0.4, -0.2) is 56.6 Å². The van der Waals surface area contributed by atoms with Crippen LogP contribution in [0.3, 0.4) is 0 Å². The molecule has 0 aromatic heterocycles. The summed E-state index contributed by atoms with van der Waals surface area (Å²) >= 11 is 12.6. The Balaban J connectivity index is 1.90. The second-order valence-electron chi connectivity index (χ2n) is 10.6. The van der Waals surface area contributed by atoms with Gasteiger partial charge in [0.1, 0.15) is 11.8 Å². The zero-order chi connectivity index (χ0) is 32.3. The van der Waals surface area contributed by atoms with E-state index in [4.69, 9.17) is 27.9 Å². The molecule has 0 heterocycles. The lowest BCUT2D eigenvalue weighted by Crippen LogP contribution is -2.52. The van der Waals surface area contributed by atoms with Gasteiger partial charge in [-0.1, -0.05) is 66.5 Å². The van der Waals surface area contributed by atoms with Crippen molar-refractivity contribution in [1.29, 1.82) is 0 Å². The second-order valence-corrected chi connectivity index (χ2v) is 13.4. The Morgan fingerprint density at radius 2 is 1.66 bits per heavy atom. The Morgan fingerprint density at radius 3 is 2.25 bits per heavy atom. The molecule has 0 saturated heterocycles. The molecular formula is C33H41Cl2N3O5S. The van der Waals surface area contributed by atoms with Crippen LogP contribution in [0.15, 0.2) is 72.8 Å². The number of anilines is 1. The van der Waals surface area contributed by atoms with E-state index in [9.17, 15) is 18.0 Å². The summed E-state index contributed by atoms with van der Waals surface area (Å²) < 4.78 is 32.2. The van der Waals surface area contributed by atoms with Gasteiger partial charge in [-0.3, -0.25) is 13.9 Å². The molecule has 44 heavy (non-hydrogen) atoms. The molecule has 0 aliphatic rings. The number of hydrogen-bond donors (Lipinski definition) is 1. The maximum absolute atomic E-state index is 14.0. The Morgan fingerprint density at radius 1 is 0.977 bits per heavy atom. The minimum atomic E-state index is -3.63. The maximum Gasteiger partial charge on any atom is 0.243 e. The van der Waals surface area contributed by atoms with E-state index in [1.807, 2.05) is 51.1 Å². The van der Waals surface area contributed by atoms with Gasteiger partial charge >= 0.3 is 0 Å². The summed E-state index contributed by atoms with van der Waals surface area (Å²) in [5.74, 6) is 0.0710. The average Bonchev–Trinajstić information content (AvgIpc) is 2.98. The molecule has 0 aliphatic heterocycles. The first-order valence-electron chi connectivity index (χ1n) is 14.7. The number of nitrogens with zero attached hydrogens (tertiary/aromatic N) is 2. The van der Waals surface area contributed by atoms with Gasteiger partial charge in [-0.25, -0.2) is 8.42 Å². The van der Waals surface area contributed by atoms with Crippen LogP contribution < -0.4 is 14.4 Å². The van der Waals surface area contributed by atoms with E-state index in [1.54, 1.807) is 47.4 Å². The fraction of sp³-hybridized carbons (Fsp3) is 0.394. The summed E-state index contributed by atoms with van der Waals surface area (Å²) in [7, 11) is -3.63. The summed E-state index contributed by atoms with van der Waals surface area (Å²) in [6.07, 6.45) is 2.40. The normalized spacial score (nSPS) is 12.7. The van der Waals surface area contributed by atoms with Crippen LogP contribution in [-0.2, 0) is 32.6 Å². The lowest BCUT2D eigenvalue weighted by atomic mass is 10.0. The van der Waals surface area contributed by atoms with Gasteiger partial charge in [0, 0.05) is 42.0 Å². The molecule has 0 unspecified atom stereocenters. The molecule has 238 valence electrons. The van der Waals surface area contributed by atoms with Crippen LogP contribution in [0.4, 0.5) is 5.69 Å². The van der Waals surface area contributed by atoms with E-state index in [-0.39, 0.29) is 43.8 Å². The minimum Gasteiger partial charge on any atom is -0.494 e. The van der Waals surface area contributed by atoms with Crippen molar-refractivity contribution in [2.24, 2.45) is 0 Å². The maximum atomic E-state index is 14.0. The molecule has 8 nitrogen and oxygen atoms in total. The molecule has 1 N–H and O–H groups in total. The van der Waals surface area contributed by atoms with Gasteiger partial charge in [-0.05, 0) is 74.2 Å². The van der Waals surface area contributed by atoms with Crippen molar-refractivity contribution in [2.75, 3.05) is 23.7 Å². The summed E-state index contributed by atoms with van der Waals surface area (Å²) in [6, 6.07) is 20.4. The standard InChI is InChI=1S/C33H41Cl2N3O5S/c1-5-24(3)36-33(40)31(21-25-11-8-7-9-12-25)37(23-26-14-15-27(34)22-30(26)35)32(39)13-10-20-38(44(4,41)42)28-16-18-29(19-17-28)43-6-2/h7-9,11-12,14-19,22,24,31H,5-6,10,13,20-21,23H2,1-4H3,(H,36,40)/t24-,31+/m0/s1. The van der Waals surface area contributed by atoms with Crippen LogP contribution in [0.1, 0.15) is 51.2 Å². The molecule has 3 aromatic carbocycles. The first-order valence-corrected chi connectivity index (χ1v) is 17.3. The fourth-order valence-electron chi connectivity index (χ4n) is 4.71. The van der Waals surface area contributed by atoms with Crippen molar-refractivity contribution >= 4 is 50.7 Å². The van der Waals surface area contributed by atoms with E-state index in [0.29, 0.717) is 40.1 Å². The third-order valence-electron chi connectivity index (χ3n) is 7.22. The number of ether oxygens (including phenoxy) is 1. The fourth-order valence-corrected chi connectivity index (χ4v) is 6.14. The number of nitrogens with one attached hydrogen (secondary N) is 1.